The third-order valence-electron chi connectivity index (χ3n) is 2.84. The summed E-state index contributed by atoms with van der Waals surface area (Å²) >= 11 is 0. The molecule has 17 heavy (non-hydrogen) atoms. The molecule has 1 rings (SSSR count). The normalized spacial score (nSPS) is 21.9. The van der Waals surface area contributed by atoms with Crippen LogP contribution in [0.4, 0.5) is 0 Å². The number of carbonyl (C=O) groups is 2. The maximum atomic E-state index is 11.7. The zero-order chi connectivity index (χ0) is 12.8. The lowest BCUT2D eigenvalue weighted by Crippen LogP contribution is -2.46. The predicted octanol–water partition coefficient (Wildman–Crippen LogP) is -0.184. The van der Waals surface area contributed by atoms with Crippen LogP contribution in [0.3, 0.4) is 0 Å². The molecule has 0 saturated carbocycles. The van der Waals surface area contributed by atoms with Gasteiger partial charge in [-0.15, -0.1) is 0 Å². The minimum absolute atomic E-state index is 0.0507. The van der Waals surface area contributed by atoms with Crippen molar-refractivity contribution in [3.63, 3.8) is 0 Å². The minimum atomic E-state index is -1.06. The summed E-state index contributed by atoms with van der Waals surface area (Å²) in [7, 11) is 1.63. The van der Waals surface area contributed by atoms with E-state index in [1.165, 1.54) is 4.90 Å². The number of rotatable bonds is 5. The lowest BCUT2D eigenvalue weighted by Gasteiger charge is -2.28. The molecule has 6 nitrogen and oxygen atoms in total. The van der Waals surface area contributed by atoms with Gasteiger partial charge in [-0.05, 0) is 19.3 Å². The molecule has 3 N–H and O–H groups in total. The van der Waals surface area contributed by atoms with Crippen LogP contribution in [0, 0.1) is 0 Å². The van der Waals surface area contributed by atoms with E-state index in [9.17, 15) is 9.59 Å². The average Bonchev–Trinajstić information content (AvgIpc) is 2.28. The Hall–Kier alpha value is -1.14. The van der Waals surface area contributed by atoms with Crippen LogP contribution in [0.15, 0.2) is 0 Å². The lowest BCUT2D eigenvalue weighted by molar-refractivity contribution is -0.142. The van der Waals surface area contributed by atoms with Crippen molar-refractivity contribution >= 4 is 11.9 Å². The number of aliphatic carboxylic acids is 1. The number of amides is 1. The molecule has 1 aliphatic heterocycles. The standard InChI is InChI=1S/C11H20N2O4/c1-13(7-8-4-2-3-5-17-8)11(16)9(12)6-10(14)15/h8-9H,2-7,12H2,1H3,(H,14,15). The molecule has 0 aromatic rings. The number of nitrogens with zero attached hydrogens (tertiary/aromatic N) is 1. The third-order valence-corrected chi connectivity index (χ3v) is 2.84. The molecule has 0 bridgehead atoms. The van der Waals surface area contributed by atoms with Crippen molar-refractivity contribution < 1.29 is 19.4 Å². The molecule has 98 valence electrons. The van der Waals surface area contributed by atoms with Crippen LogP contribution in [0.1, 0.15) is 25.7 Å². The maximum absolute atomic E-state index is 11.7. The van der Waals surface area contributed by atoms with Crippen molar-refractivity contribution in [2.24, 2.45) is 5.73 Å². The zero-order valence-corrected chi connectivity index (χ0v) is 10.1. The van der Waals surface area contributed by atoms with Gasteiger partial charge in [-0.3, -0.25) is 9.59 Å². The summed E-state index contributed by atoms with van der Waals surface area (Å²) in [6.45, 7) is 1.21. The Bertz CT molecular complexity index is 277. The van der Waals surface area contributed by atoms with Gasteiger partial charge < -0.3 is 20.5 Å². The van der Waals surface area contributed by atoms with E-state index < -0.39 is 12.0 Å². The number of carbonyl (C=O) groups excluding carboxylic acids is 1. The highest BCUT2D eigenvalue weighted by molar-refractivity contribution is 5.85. The molecule has 0 spiro atoms. The van der Waals surface area contributed by atoms with E-state index in [0.717, 1.165) is 25.9 Å². The highest BCUT2D eigenvalue weighted by Gasteiger charge is 2.24. The van der Waals surface area contributed by atoms with Crippen molar-refractivity contribution in [2.75, 3.05) is 20.2 Å². The molecule has 0 radical (unpaired) electrons. The van der Waals surface area contributed by atoms with Crippen LogP contribution in [0.2, 0.25) is 0 Å². The van der Waals surface area contributed by atoms with Gasteiger partial charge in [0.25, 0.3) is 0 Å². The average molecular weight is 244 g/mol. The van der Waals surface area contributed by atoms with Gasteiger partial charge in [0.15, 0.2) is 0 Å². The Balaban J connectivity index is 2.37. The van der Waals surface area contributed by atoms with Crippen LogP contribution in [0.5, 0.6) is 0 Å². The molecule has 2 atom stereocenters. The molecule has 6 heteroatoms. The Morgan fingerprint density at radius 2 is 2.24 bits per heavy atom. The number of likely N-dealkylation sites (N-methyl/N-ethyl adjacent to an activating group) is 1. The van der Waals surface area contributed by atoms with Crippen LogP contribution < -0.4 is 5.73 Å². The van der Waals surface area contributed by atoms with Gasteiger partial charge in [0.2, 0.25) is 5.91 Å². The Kier molecular flexibility index (Phi) is 5.37. The Morgan fingerprint density at radius 3 is 2.76 bits per heavy atom. The maximum Gasteiger partial charge on any atom is 0.305 e. The lowest BCUT2D eigenvalue weighted by atomic mass is 10.1. The fraction of sp³-hybridized carbons (Fsp3) is 0.818. The summed E-state index contributed by atoms with van der Waals surface area (Å²) < 4.78 is 5.51. The number of ether oxygens (including phenoxy) is 1. The van der Waals surface area contributed by atoms with E-state index in [1.807, 2.05) is 0 Å². The Morgan fingerprint density at radius 1 is 1.53 bits per heavy atom. The number of nitrogens with two attached hydrogens (primary N) is 1. The molecule has 2 unspecified atom stereocenters. The number of carboxylic acid groups (broad SMARTS) is 1. The van der Waals surface area contributed by atoms with Crippen molar-refractivity contribution in [1.82, 2.24) is 4.90 Å². The van der Waals surface area contributed by atoms with Crippen molar-refractivity contribution in [3.05, 3.63) is 0 Å². The second-order valence-electron chi connectivity index (χ2n) is 4.41. The summed E-state index contributed by atoms with van der Waals surface area (Å²) in [5, 5.41) is 8.56. The SMILES string of the molecule is CN(CC1CCCCO1)C(=O)C(N)CC(=O)O. The van der Waals surface area contributed by atoms with Crippen molar-refractivity contribution in [3.8, 4) is 0 Å². The van der Waals surface area contributed by atoms with Crippen LogP contribution in [-0.4, -0.2) is 54.2 Å². The highest BCUT2D eigenvalue weighted by Crippen LogP contribution is 2.13. The zero-order valence-electron chi connectivity index (χ0n) is 10.1. The van der Waals surface area contributed by atoms with Gasteiger partial charge in [-0.1, -0.05) is 0 Å². The first kappa shape index (κ1) is 13.9. The van der Waals surface area contributed by atoms with Crippen LogP contribution in [0.25, 0.3) is 0 Å². The molecule has 0 aliphatic carbocycles. The second kappa shape index (κ2) is 6.56. The van der Waals surface area contributed by atoms with Gasteiger partial charge in [-0.25, -0.2) is 0 Å². The van der Waals surface area contributed by atoms with Gasteiger partial charge in [0, 0.05) is 20.2 Å². The molecule has 1 aliphatic rings. The summed E-state index contributed by atoms with van der Waals surface area (Å²) in [5.41, 5.74) is 5.51. The first-order chi connectivity index (χ1) is 8.00. The topological polar surface area (TPSA) is 92.9 Å². The summed E-state index contributed by atoms with van der Waals surface area (Å²) in [6, 6.07) is -0.971. The molecule has 1 heterocycles. The predicted molar refractivity (Wildman–Crippen MR) is 61.5 cm³/mol. The van der Waals surface area contributed by atoms with E-state index in [0.29, 0.717) is 6.54 Å². The molecule has 0 aromatic carbocycles. The van der Waals surface area contributed by atoms with E-state index >= 15 is 0 Å². The Labute approximate surface area is 101 Å². The molecule has 1 amide bonds. The molecule has 1 saturated heterocycles. The summed E-state index contributed by atoms with van der Waals surface area (Å²) in [4.78, 5) is 23.6. The quantitative estimate of drug-likeness (QED) is 0.699. The van der Waals surface area contributed by atoms with Gasteiger partial charge in [0.05, 0.1) is 18.6 Å². The van der Waals surface area contributed by atoms with Crippen LogP contribution in [-0.2, 0) is 14.3 Å². The van der Waals surface area contributed by atoms with Crippen molar-refractivity contribution in [2.45, 2.75) is 37.8 Å². The largest absolute Gasteiger partial charge is 0.481 e. The van der Waals surface area contributed by atoms with E-state index in [4.69, 9.17) is 15.6 Å². The molecular formula is C11H20N2O4. The third kappa shape index (κ3) is 4.70. The van der Waals surface area contributed by atoms with Gasteiger partial charge in [-0.2, -0.15) is 0 Å². The summed E-state index contributed by atoms with van der Waals surface area (Å²) in [5.74, 6) is -1.41. The number of hydrogen-bond acceptors (Lipinski definition) is 4. The first-order valence-corrected chi connectivity index (χ1v) is 5.84. The number of hydrogen-bond donors (Lipinski definition) is 2. The molecular weight excluding hydrogens is 224 g/mol. The monoisotopic (exact) mass is 244 g/mol. The number of carboxylic acids is 1. The highest BCUT2D eigenvalue weighted by atomic mass is 16.5. The minimum Gasteiger partial charge on any atom is -0.481 e. The van der Waals surface area contributed by atoms with Crippen LogP contribution >= 0.6 is 0 Å². The molecule has 1 fully saturated rings. The first-order valence-electron chi connectivity index (χ1n) is 5.84. The van der Waals surface area contributed by atoms with E-state index in [-0.39, 0.29) is 18.4 Å². The van der Waals surface area contributed by atoms with E-state index in [2.05, 4.69) is 0 Å². The van der Waals surface area contributed by atoms with Gasteiger partial charge >= 0.3 is 5.97 Å². The fourth-order valence-electron chi connectivity index (χ4n) is 1.91. The van der Waals surface area contributed by atoms with Crippen molar-refractivity contribution in [1.29, 1.82) is 0 Å². The smallest absolute Gasteiger partial charge is 0.305 e. The summed E-state index contributed by atoms with van der Waals surface area (Å²) in [6.07, 6.45) is 2.82. The van der Waals surface area contributed by atoms with Gasteiger partial charge in [0.1, 0.15) is 0 Å². The second-order valence-corrected chi connectivity index (χ2v) is 4.41. The molecule has 0 aromatic heterocycles. The van der Waals surface area contributed by atoms with E-state index in [1.54, 1.807) is 7.05 Å². The fourth-order valence-corrected chi connectivity index (χ4v) is 1.91.